The Hall–Kier alpha value is -8.02. The number of nitrogens with one attached hydrogen (secondary N) is 1. The zero-order valence-electron chi connectivity index (χ0n) is 32.3. The number of hydrogen-bond donors (Lipinski definition) is 1. The van der Waals surface area contributed by atoms with Gasteiger partial charge in [-0.15, -0.1) is 0 Å². The summed E-state index contributed by atoms with van der Waals surface area (Å²) in [4.78, 5) is 10.9. The van der Waals surface area contributed by atoms with Gasteiger partial charge in [0, 0.05) is 32.7 Å². The zero-order chi connectivity index (χ0) is 39.6. The zero-order valence-corrected chi connectivity index (χ0v) is 32.3. The third-order valence-electron chi connectivity index (χ3n) is 11.8. The maximum absolute atomic E-state index is 6.73. The van der Waals surface area contributed by atoms with Crippen LogP contribution in [-0.2, 0) is 0 Å². The number of fused-ring (bicyclic) bond motifs is 7. The predicted octanol–water partition coefficient (Wildman–Crippen LogP) is 14.1. The number of nitrogens with zero attached hydrogens (tertiary/aromatic N) is 2. The van der Waals surface area contributed by atoms with Crippen LogP contribution < -0.4 is 5.32 Å². The number of amidine groups is 2. The lowest BCUT2D eigenvalue weighted by atomic mass is 9.89. The minimum Gasteiger partial charge on any atom is -0.456 e. The molecule has 0 spiro atoms. The van der Waals surface area contributed by atoms with Crippen molar-refractivity contribution >= 4 is 66.3 Å². The molecule has 1 N–H and O–H groups in total. The molecule has 5 heteroatoms. The summed E-state index contributed by atoms with van der Waals surface area (Å²) in [5.41, 5.74) is 12.9. The van der Waals surface area contributed by atoms with Crippen molar-refractivity contribution in [3.8, 4) is 33.4 Å². The van der Waals surface area contributed by atoms with Gasteiger partial charge in [-0.25, -0.2) is 9.98 Å². The Morgan fingerprint density at radius 1 is 0.400 bits per heavy atom. The predicted molar refractivity (Wildman–Crippen MR) is 247 cm³/mol. The van der Waals surface area contributed by atoms with Gasteiger partial charge in [-0.1, -0.05) is 158 Å². The van der Waals surface area contributed by atoms with Crippen molar-refractivity contribution < 1.29 is 8.83 Å². The van der Waals surface area contributed by atoms with E-state index in [0.717, 1.165) is 105 Å². The van der Waals surface area contributed by atoms with Crippen LogP contribution in [0.1, 0.15) is 22.9 Å². The van der Waals surface area contributed by atoms with Gasteiger partial charge in [0.2, 0.25) is 0 Å². The lowest BCUT2D eigenvalue weighted by molar-refractivity contribution is 0.663. The van der Waals surface area contributed by atoms with Gasteiger partial charge in [0.15, 0.2) is 5.84 Å². The molecule has 0 fully saturated rings. The van der Waals surface area contributed by atoms with Gasteiger partial charge in [-0.2, -0.15) is 0 Å². The van der Waals surface area contributed by atoms with Crippen molar-refractivity contribution in [1.29, 1.82) is 0 Å². The van der Waals surface area contributed by atoms with Crippen molar-refractivity contribution in [3.63, 3.8) is 0 Å². The van der Waals surface area contributed by atoms with Crippen LogP contribution in [-0.4, -0.2) is 11.7 Å². The Kier molecular flexibility index (Phi) is 7.85. The summed E-state index contributed by atoms with van der Waals surface area (Å²) in [7, 11) is 0. The maximum atomic E-state index is 6.73. The van der Waals surface area contributed by atoms with E-state index in [4.69, 9.17) is 18.8 Å². The van der Waals surface area contributed by atoms with Gasteiger partial charge < -0.3 is 14.2 Å². The van der Waals surface area contributed by atoms with Crippen LogP contribution in [0.25, 0.3) is 88.0 Å². The average Bonchev–Trinajstić information content (AvgIpc) is 3.88. The molecule has 1 atom stereocenters. The molecule has 3 heterocycles. The van der Waals surface area contributed by atoms with E-state index >= 15 is 0 Å². The van der Waals surface area contributed by atoms with E-state index in [-0.39, 0.29) is 0 Å². The summed E-state index contributed by atoms with van der Waals surface area (Å²) in [6.45, 7) is 0. The Labute approximate surface area is 345 Å². The van der Waals surface area contributed by atoms with E-state index < -0.39 is 6.17 Å². The van der Waals surface area contributed by atoms with Gasteiger partial charge in [0.1, 0.15) is 34.3 Å². The topological polar surface area (TPSA) is 63.0 Å². The van der Waals surface area contributed by atoms with Crippen LogP contribution in [0.15, 0.2) is 219 Å². The molecule has 0 radical (unpaired) electrons. The van der Waals surface area contributed by atoms with E-state index in [1.807, 2.05) is 18.2 Å². The quantitative estimate of drug-likeness (QED) is 0.183. The van der Waals surface area contributed by atoms with Crippen molar-refractivity contribution in [3.05, 3.63) is 217 Å². The summed E-state index contributed by atoms with van der Waals surface area (Å²) in [5, 5.41) is 10.3. The molecule has 60 heavy (non-hydrogen) atoms. The van der Waals surface area contributed by atoms with Gasteiger partial charge in [-0.3, -0.25) is 0 Å². The van der Waals surface area contributed by atoms with Crippen LogP contribution in [0.2, 0.25) is 0 Å². The van der Waals surface area contributed by atoms with E-state index in [2.05, 4.69) is 187 Å². The summed E-state index contributed by atoms with van der Waals surface area (Å²) >= 11 is 0. The summed E-state index contributed by atoms with van der Waals surface area (Å²) in [6.07, 6.45) is -0.467. The molecule has 2 aromatic heterocycles. The van der Waals surface area contributed by atoms with Crippen LogP contribution in [0.3, 0.4) is 0 Å². The SMILES string of the molecule is c1ccc(-c2ccc(C3=NC(c4ccc5oc6ccccc6c5c4)NC(c4c(-c5ccccc5-c5ccccc5)ccc5oc6cc7ccccc7cc6c45)=N3)cc2)cc1. The van der Waals surface area contributed by atoms with E-state index in [1.54, 1.807) is 0 Å². The minimum atomic E-state index is -0.467. The summed E-state index contributed by atoms with van der Waals surface area (Å²) in [6, 6.07) is 69.9. The van der Waals surface area contributed by atoms with Crippen LogP contribution in [0.5, 0.6) is 0 Å². The van der Waals surface area contributed by atoms with Crippen molar-refractivity contribution in [2.45, 2.75) is 6.17 Å². The second-order valence-electron chi connectivity index (χ2n) is 15.3. The highest BCUT2D eigenvalue weighted by atomic mass is 16.3. The maximum Gasteiger partial charge on any atom is 0.159 e. The second kappa shape index (κ2) is 13.8. The fourth-order valence-corrected chi connectivity index (χ4v) is 8.84. The first kappa shape index (κ1) is 34.1. The standard InChI is InChI=1S/C55H35N3O2/c1-3-13-34(14-4-1)35-23-25-37(26-24-35)53-56-54(40-27-29-48-45(32-40)43-21-11-12-22-47(43)59-48)58-55(57-53)52-44(42-20-10-9-19-41(42)36-15-5-2-6-16-36)28-30-49-51(52)46-31-38-17-7-8-18-39(38)33-50(46)60-49/h1-33,54H,(H,56,57,58). The van der Waals surface area contributed by atoms with Gasteiger partial charge in [-0.05, 0) is 92.2 Å². The lowest BCUT2D eigenvalue weighted by Gasteiger charge is -2.26. The molecule has 282 valence electrons. The molecular weight excluding hydrogens is 735 g/mol. The number of hydrogen-bond acceptors (Lipinski definition) is 5. The molecule has 0 saturated carbocycles. The van der Waals surface area contributed by atoms with Gasteiger partial charge >= 0.3 is 0 Å². The van der Waals surface area contributed by atoms with Crippen LogP contribution >= 0.6 is 0 Å². The molecular formula is C55H35N3O2. The Bertz CT molecular complexity index is 3510. The molecule has 5 nitrogen and oxygen atoms in total. The molecule has 0 saturated heterocycles. The Balaban J connectivity index is 1.12. The van der Waals surface area contributed by atoms with Gasteiger partial charge in [0.05, 0.1) is 0 Å². The normalized spacial score (nSPS) is 14.2. The van der Waals surface area contributed by atoms with E-state index in [9.17, 15) is 0 Å². The molecule has 0 bridgehead atoms. The number of aliphatic imine (C=N–C) groups is 2. The molecule has 11 aromatic rings. The minimum absolute atomic E-state index is 0.467. The first-order valence-corrected chi connectivity index (χ1v) is 20.3. The van der Waals surface area contributed by atoms with E-state index in [1.165, 1.54) is 0 Å². The third kappa shape index (κ3) is 5.70. The number of para-hydroxylation sites is 1. The van der Waals surface area contributed by atoms with E-state index in [0.29, 0.717) is 11.7 Å². The molecule has 1 aliphatic rings. The Morgan fingerprint density at radius 3 is 1.83 bits per heavy atom. The first-order valence-electron chi connectivity index (χ1n) is 20.3. The highest BCUT2D eigenvalue weighted by molar-refractivity contribution is 6.26. The molecule has 1 unspecified atom stereocenters. The number of furan rings is 2. The summed E-state index contributed by atoms with van der Waals surface area (Å²) in [5.74, 6) is 1.36. The molecule has 12 rings (SSSR count). The van der Waals surface area contributed by atoms with Crippen molar-refractivity contribution in [1.82, 2.24) is 5.32 Å². The third-order valence-corrected chi connectivity index (χ3v) is 11.8. The molecule has 0 amide bonds. The average molecular weight is 770 g/mol. The van der Waals surface area contributed by atoms with Crippen LogP contribution in [0, 0.1) is 0 Å². The lowest BCUT2D eigenvalue weighted by Crippen LogP contribution is -2.34. The number of rotatable bonds is 6. The first-order chi connectivity index (χ1) is 29.7. The second-order valence-corrected chi connectivity index (χ2v) is 15.3. The Morgan fingerprint density at radius 2 is 1.02 bits per heavy atom. The highest BCUT2D eigenvalue weighted by Gasteiger charge is 2.28. The fourth-order valence-electron chi connectivity index (χ4n) is 8.84. The van der Waals surface area contributed by atoms with Crippen LogP contribution in [0.4, 0.5) is 0 Å². The molecule has 0 aliphatic carbocycles. The van der Waals surface area contributed by atoms with Crippen molar-refractivity contribution in [2.24, 2.45) is 9.98 Å². The largest absolute Gasteiger partial charge is 0.456 e. The number of benzene rings is 9. The highest BCUT2D eigenvalue weighted by Crippen LogP contribution is 2.42. The molecule has 9 aromatic carbocycles. The summed E-state index contributed by atoms with van der Waals surface area (Å²) < 4.78 is 13.0. The smallest absolute Gasteiger partial charge is 0.159 e. The van der Waals surface area contributed by atoms with Crippen molar-refractivity contribution in [2.75, 3.05) is 0 Å². The monoisotopic (exact) mass is 769 g/mol. The molecule has 1 aliphatic heterocycles. The van der Waals surface area contributed by atoms with Gasteiger partial charge in [0.25, 0.3) is 0 Å². The fraction of sp³-hybridized carbons (Fsp3) is 0.0182.